The lowest BCUT2D eigenvalue weighted by atomic mass is 9.99. The molecule has 1 saturated heterocycles. The van der Waals surface area contributed by atoms with Gasteiger partial charge in [-0.3, -0.25) is 15.1 Å². The number of hydrogen-bond donors (Lipinski definition) is 1. The normalized spacial score (nSPS) is 15.6. The molecule has 0 spiro atoms. The van der Waals surface area contributed by atoms with Crippen LogP contribution in [0.5, 0.6) is 10.9 Å². The molecule has 174 valence electrons. The van der Waals surface area contributed by atoms with Crippen LogP contribution in [0.4, 0.5) is 13.9 Å². The number of hydrogen-bond acceptors (Lipinski definition) is 9. The molecule has 0 saturated carbocycles. The number of aryl methyl sites for hydroxylation is 1. The summed E-state index contributed by atoms with van der Waals surface area (Å²) in [5.74, 6) is -0.593. The maximum atomic E-state index is 13.1. The molecule has 1 atom stereocenters. The van der Waals surface area contributed by atoms with E-state index in [4.69, 9.17) is 25.8 Å². The highest BCUT2D eigenvalue weighted by Crippen LogP contribution is 2.37. The van der Waals surface area contributed by atoms with Crippen molar-refractivity contribution in [2.45, 2.75) is 20.0 Å². The van der Waals surface area contributed by atoms with Gasteiger partial charge in [-0.1, -0.05) is 16.7 Å². The van der Waals surface area contributed by atoms with Crippen LogP contribution >= 0.6 is 22.9 Å². The molecular formula is C20H18ClF2N5O4S. The summed E-state index contributed by atoms with van der Waals surface area (Å²) in [6.45, 7) is 0.153. The second kappa shape index (κ2) is 10.3. The molecule has 0 bridgehead atoms. The number of ether oxygens (including phenoxy) is 3. The first kappa shape index (κ1) is 23.2. The minimum atomic E-state index is -3.12. The van der Waals surface area contributed by atoms with Gasteiger partial charge in [-0.15, -0.1) is 5.10 Å². The summed E-state index contributed by atoms with van der Waals surface area (Å²) >= 11 is 7.02. The van der Waals surface area contributed by atoms with Gasteiger partial charge in [-0.2, -0.15) is 8.78 Å². The van der Waals surface area contributed by atoms with E-state index in [-0.39, 0.29) is 38.8 Å². The van der Waals surface area contributed by atoms with Crippen molar-refractivity contribution < 1.29 is 27.8 Å². The highest BCUT2D eigenvalue weighted by Gasteiger charge is 2.24. The van der Waals surface area contributed by atoms with Gasteiger partial charge in [-0.05, 0) is 42.4 Å². The fraction of sp³-hybridized carbons (Fsp3) is 0.350. The van der Waals surface area contributed by atoms with Gasteiger partial charge in [0.15, 0.2) is 5.75 Å². The van der Waals surface area contributed by atoms with Crippen LogP contribution < -0.4 is 14.8 Å². The second-order valence-corrected chi connectivity index (χ2v) is 8.40. The number of nitrogens with one attached hydrogen (secondary N) is 1. The third-order valence-corrected chi connectivity index (χ3v) is 5.73. The Morgan fingerprint density at radius 2 is 2.24 bits per heavy atom. The van der Waals surface area contributed by atoms with Gasteiger partial charge in [0, 0.05) is 30.5 Å². The van der Waals surface area contributed by atoms with Crippen molar-refractivity contribution in [3.63, 3.8) is 0 Å². The van der Waals surface area contributed by atoms with Crippen molar-refractivity contribution in [2.75, 3.05) is 25.1 Å². The molecule has 1 amide bonds. The van der Waals surface area contributed by atoms with Gasteiger partial charge in [0.2, 0.25) is 5.13 Å². The van der Waals surface area contributed by atoms with Crippen molar-refractivity contribution >= 4 is 34.0 Å². The molecular weight excluding hydrogens is 480 g/mol. The molecule has 3 aromatic rings. The number of carbonyl (C=O) groups excluding carboxylic acids is 1. The first-order chi connectivity index (χ1) is 15.9. The molecule has 4 rings (SSSR count). The van der Waals surface area contributed by atoms with Gasteiger partial charge in [0.1, 0.15) is 5.15 Å². The number of anilines is 1. The average molecular weight is 498 g/mol. The zero-order valence-electron chi connectivity index (χ0n) is 17.3. The lowest BCUT2D eigenvalue weighted by Gasteiger charge is -2.16. The Kier molecular flexibility index (Phi) is 7.26. The largest absolute Gasteiger partial charge is 0.469 e. The summed E-state index contributed by atoms with van der Waals surface area (Å²) in [5, 5.41) is 11.0. The first-order valence-corrected chi connectivity index (χ1v) is 11.0. The van der Waals surface area contributed by atoms with Crippen molar-refractivity contribution in [3.05, 3.63) is 40.9 Å². The van der Waals surface area contributed by atoms with Crippen LogP contribution in [0.15, 0.2) is 24.5 Å². The van der Waals surface area contributed by atoms with Crippen LogP contribution in [0.3, 0.4) is 0 Å². The summed E-state index contributed by atoms with van der Waals surface area (Å²) in [7, 11) is 0. The van der Waals surface area contributed by atoms with Crippen molar-refractivity contribution in [1.29, 1.82) is 0 Å². The zero-order chi connectivity index (χ0) is 23.4. The fourth-order valence-electron chi connectivity index (χ4n) is 3.22. The number of nitrogens with zero attached hydrogens (tertiary/aromatic N) is 4. The van der Waals surface area contributed by atoms with E-state index in [0.717, 1.165) is 17.8 Å². The van der Waals surface area contributed by atoms with E-state index in [1.807, 2.05) is 0 Å². The third kappa shape index (κ3) is 5.70. The monoisotopic (exact) mass is 497 g/mol. The molecule has 0 aliphatic carbocycles. The molecule has 1 fully saturated rings. The number of carbonyl (C=O) groups is 1. The molecule has 1 aliphatic heterocycles. The number of alkyl halides is 2. The maximum Gasteiger partial charge on any atom is 0.387 e. The van der Waals surface area contributed by atoms with Crippen LogP contribution in [-0.2, 0) is 4.74 Å². The molecule has 0 radical (unpaired) electrons. The Balaban J connectivity index is 1.59. The number of aromatic nitrogens is 4. The van der Waals surface area contributed by atoms with Crippen LogP contribution in [0, 0.1) is 12.8 Å². The number of rotatable bonds is 8. The fourth-order valence-corrected chi connectivity index (χ4v) is 4.00. The van der Waals surface area contributed by atoms with Crippen molar-refractivity contribution in [2.24, 2.45) is 5.92 Å². The Hall–Kier alpha value is -2.96. The van der Waals surface area contributed by atoms with Crippen LogP contribution in [0.2, 0.25) is 5.15 Å². The van der Waals surface area contributed by atoms with Crippen molar-refractivity contribution in [1.82, 2.24) is 20.2 Å². The van der Waals surface area contributed by atoms with E-state index >= 15 is 0 Å². The number of halogens is 3. The lowest BCUT2D eigenvalue weighted by Crippen LogP contribution is -2.16. The zero-order valence-corrected chi connectivity index (χ0v) is 18.8. The van der Waals surface area contributed by atoms with E-state index < -0.39 is 12.5 Å². The van der Waals surface area contributed by atoms with Crippen LogP contribution in [-0.4, -0.2) is 52.5 Å². The van der Waals surface area contributed by atoms with E-state index in [1.54, 1.807) is 0 Å². The second-order valence-electron chi connectivity index (χ2n) is 7.08. The molecule has 9 nitrogen and oxygen atoms in total. The van der Waals surface area contributed by atoms with Gasteiger partial charge in [0.05, 0.1) is 24.5 Å². The lowest BCUT2D eigenvalue weighted by molar-refractivity contribution is -0.0502. The third-order valence-electron chi connectivity index (χ3n) is 4.77. The number of pyridine rings is 2. The molecule has 1 aliphatic rings. The van der Waals surface area contributed by atoms with Crippen LogP contribution in [0.25, 0.3) is 11.1 Å². The Morgan fingerprint density at radius 1 is 1.39 bits per heavy atom. The maximum absolute atomic E-state index is 13.1. The summed E-state index contributed by atoms with van der Waals surface area (Å²) in [6.07, 6.45) is 3.57. The molecule has 1 N–H and O–H groups in total. The molecule has 3 aromatic heterocycles. The first-order valence-electron chi connectivity index (χ1n) is 9.82. The topological polar surface area (TPSA) is 108 Å². The smallest absolute Gasteiger partial charge is 0.387 e. The van der Waals surface area contributed by atoms with Gasteiger partial charge >= 0.3 is 6.61 Å². The van der Waals surface area contributed by atoms with Gasteiger partial charge in [-0.25, -0.2) is 4.98 Å². The summed E-state index contributed by atoms with van der Waals surface area (Å²) in [4.78, 5) is 21.0. The van der Waals surface area contributed by atoms with Crippen LogP contribution in [0.1, 0.15) is 22.5 Å². The quantitative estimate of drug-likeness (QED) is 0.461. The Morgan fingerprint density at radius 3 is 2.97 bits per heavy atom. The van der Waals surface area contributed by atoms with E-state index in [1.165, 1.54) is 31.5 Å². The molecule has 1 unspecified atom stereocenters. The van der Waals surface area contributed by atoms with Gasteiger partial charge < -0.3 is 14.2 Å². The predicted octanol–water partition coefficient (Wildman–Crippen LogP) is 4.23. The summed E-state index contributed by atoms with van der Waals surface area (Å²) in [6, 6.07) is 2.97. The predicted molar refractivity (Wildman–Crippen MR) is 116 cm³/mol. The molecule has 0 aromatic carbocycles. The molecule has 13 heteroatoms. The average Bonchev–Trinajstić information content (AvgIpc) is 3.45. The Labute approximate surface area is 196 Å². The molecule has 4 heterocycles. The van der Waals surface area contributed by atoms with E-state index in [2.05, 4.69) is 25.5 Å². The minimum absolute atomic E-state index is 0.0145. The van der Waals surface area contributed by atoms with E-state index in [0.29, 0.717) is 30.6 Å². The van der Waals surface area contributed by atoms with E-state index in [9.17, 15) is 13.6 Å². The standard InChI is InChI=1S/C20H18ClF2N5O4S/c1-10-16(32-18(22)23)15(12-2-4-24-14(21)6-12)13(7-25-10)17(29)26-19-27-28-20(33-19)31-9-11-3-5-30-8-11/h2,4,6-7,11,18H,3,5,8-9H2,1H3,(H,26,27,29). The minimum Gasteiger partial charge on any atom is -0.469 e. The summed E-state index contributed by atoms with van der Waals surface area (Å²) in [5.41, 5.74) is 0.629. The number of amides is 1. The summed E-state index contributed by atoms with van der Waals surface area (Å²) < 4.78 is 41.9. The highest BCUT2D eigenvalue weighted by atomic mass is 35.5. The van der Waals surface area contributed by atoms with Gasteiger partial charge in [0.25, 0.3) is 11.1 Å². The SMILES string of the molecule is Cc1ncc(C(=O)Nc2nnc(OCC3CCOC3)s2)c(-c2ccnc(Cl)c2)c1OC(F)F. The highest BCUT2D eigenvalue weighted by molar-refractivity contribution is 7.17. The Bertz CT molecular complexity index is 1140. The molecule has 33 heavy (non-hydrogen) atoms. The van der Waals surface area contributed by atoms with Crippen molar-refractivity contribution in [3.8, 4) is 22.1 Å².